The molecule has 0 aromatic heterocycles. The van der Waals surface area contributed by atoms with E-state index >= 15 is 0 Å². The molecule has 0 aliphatic rings. The van der Waals surface area contributed by atoms with E-state index in [9.17, 15) is 19.0 Å². The molecular formula is C48H86NO8P. The number of likely N-dealkylation sites (N-methyl/N-ethyl adjacent to an activating group) is 1. The fourth-order valence-corrected chi connectivity index (χ4v) is 6.70. The third kappa shape index (κ3) is 43.3. The lowest BCUT2D eigenvalue weighted by Crippen LogP contribution is -2.37. The minimum absolute atomic E-state index is 0.0377. The molecule has 10 heteroatoms. The Kier molecular flexibility index (Phi) is 38.5. The lowest BCUT2D eigenvalue weighted by molar-refractivity contribution is -0.870. The highest BCUT2D eigenvalue weighted by molar-refractivity contribution is 7.45. The summed E-state index contributed by atoms with van der Waals surface area (Å²) in [5, 5.41) is 0. The number of quaternary nitrogens is 1. The molecule has 0 radical (unpaired) electrons. The second kappa shape index (κ2) is 40.1. The summed E-state index contributed by atoms with van der Waals surface area (Å²) in [5.74, 6) is -0.871. The van der Waals surface area contributed by atoms with Crippen molar-refractivity contribution in [3.8, 4) is 0 Å². The summed E-state index contributed by atoms with van der Waals surface area (Å²) in [5.41, 5.74) is 0. The van der Waals surface area contributed by atoms with E-state index in [1.807, 2.05) is 21.1 Å². The highest BCUT2D eigenvalue weighted by atomic mass is 31.2. The number of hydrogen-bond donors (Lipinski definition) is 0. The van der Waals surface area contributed by atoms with E-state index in [4.69, 9.17) is 18.5 Å². The molecule has 336 valence electrons. The minimum Gasteiger partial charge on any atom is -0.756 e. The van der Waals surface area contributed by atoms with Gasteiger partial charge in [-0.25, -0.2) is 0 Å². The Morgan fingerprint density at radius 3 is 1.47 bits per heavy atom. The Balaban J connectivity index is 4.39. The first-order valence-electron chi connectivity index (χ1n) is 23.0. The van der Waals surface area contributed by atoms with Gasteiger partial charge in [0.15, 0.2) is 6.10 Å². The maximum Gasteiger partial charge on any atom is 0.306 e. The first-order valence-corrected chi connectivity index (χ1v) is 24.5. The third-order valence-corrected chi connectivity index (χ3v) is 10.5. The Morgan fingerprint density at radius 1 is 0.552 bits per heavy atom. The van der Waals surface area contributed by atoms with Crippen molar-refractivity contribution in [2.75, 3.05) is 47.5 Å². The Morgan fingerprint density at radius 2 is 0.983 bits per heavy atom. The number of phosphoric ester groups is 1. The maximum atomic E-state index is 12.7. The molecule has 0 bridgehead atoms. The quantitative estimate of drug-likeness (QED) is 0.0197. The first kappa shape index (κ1) is 55.7. The van der Waals surface area contributed by atoms with E-state index in [0.717, 1.165) is 70.6 Å². The van der Waals surface area contributed by atoms with Gasteiger partial charge in [-0.3, -0.25) is 14.2 Å². The molecule has 0 rings (SSSR count). The standard InChI is InChI=1S/C48H86NO8P/c1-6-8-10-12-14-16-18-20-22-23-24-25-27-28-30-32-34-36-38-40-47(50)54-44-46(45-56-58(52,53)55-43-42-49(3,4)5)57-48(51)41-39-37-35-33-31-29-26-21-19-17-15-13-11-9-7-2/h8,10,14,16,20,22,24-25,28,30,46H,6-7,9,11-13,15,17-19,21,23,26-27,29,31-45H2,1-5H3/b10-8-,16-14-,22-20-,25-24-,30-28-/t46-/m1/s1. The Hall–Kier alpha value is -2.29. The number of phosphoric acid groups is 1. The van der Waals surface area contributed by atoms with Gasteiger partial charge in [0.05, 0.1) is 27.7 Å². The van der Waals surface area contributed by atoms with Crippen molar-refractivity contribution >= 4 is 19.8 Å². The number of carbonyl (C=O) groups excluding carboxylic acids is 2. The molecule has 0 saturated carbocycles. The van der Waals surface area contributed by atoms with E-state index < -0.39 is 32.5 Å². The molecule has 1 unspecified atom stereocenters. The van der Waals surface area contributed by atoms with Gasteiger partial charge in [0.1, 0.15) is 19.8 Å². The summed E-state index contributed by atoms with van der Waals surface area (Å²) in [6.45, 7) is 4.08. The molecule has 0 spiro atoms. The van der Waals surface area contributed by atoms with Crippen molar-refractivity contribution in [2.24, 2.45) is 0 Å². The van der Waals surface area contributed by atoms with Gasteiger partial charge in [-0.1, -0.05) is 171 Å². The zero-order valence-corrected chi connectivity index (χ0v) is 38.6. The molecule has 9 nitrogen and oxygen atoms in total. The molecular weight excluding hydrogens is 750 g/mol. The molecule has 0 aromatic carbocycles. The second-order valence-electron chi connectivity index (χ2n) is 16.4. The monoisotopic (exact) mass is 836 g/mol. The van der Waals surface area contributed by atoms with Crippen LogP contribution in [0.4, 0.5) is 0 Å². The topological polar surface area (TPSA) is 111 Å². The van der Waals surface area contributed by atoms with Crippen LogP contribution in [0, 0.1) is 0 Å². The van der Waals surface area contributed by atoms with Crippen molar-refractivity contribution in [1.29, 1.82) is 0 Å². The van der Waals surface area contributed by atoms with Gasteiger partial charge in [0.2, 0.25) is 0 Å². The van der Waals surface area contributed by atoms with Gasteiger partial charge in [-0.05, 0) is 57.8 Å². The van der Waals surface area contributed by atoms with Crippen molar-refractivity contribution in [1.82, 2.24) is 0 Å². The van der Waals surface area contributed by atoms with E-state index in [2.05, 4.69) is 74.6 Å². The minimum atomic E-state index is -4.63. The fourth-order valence-electron chi connectivity index (χ4n) is 5.97. The maximum absolute atomic E-state index is 12.7. The van der Waals surface area contributed by atoms with E-state index in [0.29, 0.717) is 23.9 Å². The van der Waals surface area contributed by atoms with Gasteiger partial charge < -0.3 is 27.9 Å². The normalized spacial score (nSPS) is 14.1. The van der Waals surface area contributed by atoms with Gasteiger partial charge in [0.25, 0.3) is 7.82 Å². The molecule has 0 aromatic rings. The van der Waals surface area contributed by atoms with Crippen LogP contribution in [-0.2, 0) is 32.7 Å². The molecule has 58 heavy (non-hydrogen) atoms. The Labute approximate surface area is 356 Å². The van der Waals surface area contributed by atoms with Gasteiger partial charge >= 0.3 is 11.9 Å². The number of hydrogen-bond acceptors (Lipinski definition) is 8. The fraction of sp³-hybridized carbons (Fsp3) is 0.750. The molecule has 0 saturated heterocycles. The van der Waals surface area contributed by atoms with Crippen LogP contribution in [0.3, 0.4) is 0 Å². The molecule has 0 fully saturated rings. The molecule has 0 N–H and O–H groups in total. The van der Waals surface area contributed by atoms with Gasteiger partial charge in [-0.2, -0.15) is 0 Å². The molecule has 0 aliphatic heterocycles. The zero-order chi connectivity index (χ0) is 42.8. The van der Waals surface area contributed by atoms with Crippen molar-refractivity contribution in [3.05, 3.63) is 60.8 Å². The van der Waals surface area contributed by atoms with E-state index in [-0.39, 0.29) is 26.1 Å². The molecule has 0 heterocycles. The summed E-state index contributed by atoms with van der Waals surface area (Å²) in [6.07, 6.45) is 48.1. The number of ether oxygens (including phenoxy) is 2. The first-order chi connectivity index (χ1) is 28.0. The Bertz CT molecular complexity index is 1170. The highest BCUT2D eigenvalue weighted by Crippen LogP contribution is 2.38. The smallest absolute Gasteiger partial charge is 0.306 e. The molecule has 0 amide bonds. The van der Waals surface area contributed by atoms with Crippen molar-refractivity contribution < 1.29 is 42.1 Å². The van der Waals surface area contributed by atoms with Crippen LogP contribution in [0.5, 0.6) is 0 Å². The average molecular weight is 836 g/mol. The van der Waals surface area contributed by atoms with Gasteiger partial charge in [-0.15, -0.1) is 0 Å². The van der Waals surface area contributed by atoms with Crippen molar-refractivity contribution in [3.63, 3.8) is 0 Å². The molecule has 2 atom stereocenters. The number of nitrogens with zero attached hydrogens (tertiary/aromatic N) is 1. The summed E-state index contributed by atoms with van der Waals surface area (Å²) in [6, 6.07) is 0. The number of carbonyl (C=O) groups is 2. The third-order valence-electron chi connectivity index (χ3n) is 9.55. The highest BCUT2D eigenvalue weighted by Gasteiger charge is 2.21. The number of allylic oxidation sites excluding steroid dienone is 10. The predicted molar refractivity (Wildman–Crippen MR) is 240 cm³/mol. The number of esters is 2. The lowest BCUT2D eigenvalue weighted by atomic mass is 10.0. The SMILES string of the molecule is CC/C=C\C/C=C\C/C=C\C/C=C\C/C=C\CCCCCC(=O)OC[C@H](COP(=O)([O-])OCC[N+](C)(C)C)OC(=O)CCCCCCCCCCCCCCCCC. The van der Waals surface area contributed by atoms with Crippen LogP contribution in [0.2, 0.25) is 0 Å². The average Bonchev–Trinajstić information content (AvgIpc) is 3.17. The number of unbranched alkanes of at least 4 members (excludes halogenated alkanes) is 17. The van der Waals surface area contributed by atoms with Crippen LogP contribution < -0.4 is 4.89 Å². The number of rotatable bonds is 41. The van der Waals surface area contributed by atoms with Crippen LogP contribution in [0.1, 0.15) is 181 Å². The lowest BCUT2D eigenvalue weighted by Gasteiger charge is -2.28. The van der Waals surface area contributed by atoms with E-state index in [1.165, 1.54) is 70.6 Å². The predicted octanol–water partition coefficient (Wildman–Crippen LogP) is 12.6. The van der Waals surface area contributed by atoms with Crippen molar-refractivity contribution in [2.45, 2.75) is 187 Å². The van der Waals surface area contributed by atoms with Crippen LogP contribution in [0.25, 0.3) is 0 Å². The molecule has 0 aliphatic carbocycles. The summed E-state index contributed by atoms with van der Waals surface area (Å²) in [4.78, 5) is 37.6. The zero-order valence-electron chi connectivity index (χ0n) is 37.7. The van der Waals surface area contributed by atoms with Crippen LogP contribution >= 0.6 is 7.82 Å². The largest absolute Gasteiger partial charge is 0.756 e. The van der Waals surface area contributed by atoms with Crippen LogP contribution in [0.15, 0.2) is 60.8 Å². The second-order valence-corrected chi connectivity index (χ2v) is 17.8. The van der Waals surface area contributed by atoms with Gasteiger partial charge in [0, 0.05) is 12.8 Å². The summed E-state index contributed by atoms with van der Waals surface area (Å²) < 4.78 is 33.9. The van der Waals surface area contributed by atoms with E-state index in [1.54, 1.807) is 0 Å². The summed E-state index contributed by atoms with van der Waals surface area (Å²) in [7, 11) is 1.14. The van der Waals surface area contributed by atoms with Crippen LogP contribution in [-0.4, -0.2) is 70.0 Å². The summed E-state index contributed by atoms with van der Waals surface area (Å²) >= 11 is 0.